The van der Waals surface area contributed by atoms with Crippen molar-refractivity contribution in [2.24, 2.45) is 9.98 Å². The molecule has 0 N–H and O–H groups in total. The topological polar surface area (TPSA) is 29.6 Å². The van der Waals surface area contributed by atoms with E-state index in [1.807, 2.05) is 35.6 Å². The summed E-state index contributed by atoms with van der Waals surface area (Å²) in [5.41, 5.74) is 6.10. The highest BCUT2D eigenvalue weighted by molar-refractivity contribution is 7.26. The summed E-state index contributed by atoms with van der Waals surface area (Å²) in [6, 6.07) is 51.6. The monoisotopic (exact) mass is 619 g/mol. The van der Waals surface area contributed by atoms with Gasteiger partial charge in [-0.3, -0.25) is 9.98 Å². The lowest BCUT2D eigenvalue weighted by Gasteiger charge is -2.10. The number of hydrogen-bond donors (Lipinski definition) is 0. The molecular weight excluding hydrogens is 591 g/mol. The minimum atomic E-state index is 0.444. The summed E-state index contributed by atoms with van der Waals surface area (Å²) in [7, 11) is 0. The van der Waals surface area contributed by atoms with Crippen LogP contribution < -0.4 is 0 Å². The van der Waals surface area contributed by atoms with Crippen LogP contribution in [0.2, 0.25) is 0 Å². The summed E-state index contributed by atoms with van der Waals surface area (Å²) in [5, 5.41) is 10.2. The Morgan fingerprint density at radius 2 is 1.17 bits per heavy atom. The molecule has 7 aromatic carbocycles. The Kier molecular flexibility index (Phi) is 6.54. The smallest absolute Gasteiger partial charge is 0.115 e. The maximum Gasteiger partial charge on any atom is 0.115 e. The molecule has 0 saturated carbocycles. The fourth-order valence-corrected chi connectivity index (χ4v) is 8.19. The minimum Gasteiger partial charge on any atom is -0.320 e. The highest BCUT2D eigenvalue weighted by atomic mass is 32.1. The molecule has 3 nitrogen and oxygen atoms in total. The molecule has 2 heterocycles. The zero-order valence-electron chi connectivity index (χ0n) is 25.6. The number of fused-ring (bicyclic) bond motifs is 11. The Bertz CT molecular complexity index is 2710. The maximum absolute atomic E-state index is 5.38. The van der Waals surface area contributed by atoms with Crippen molar-refractivity contribution in [3.63, 3.8) is 0 Å². The lowest BCUT2D eigenvalue weighted by molar-refractivity contribution is 0.796. The molecule has 0 aliphatic heterocycles. The van der Waals surface area contributed by atoms with Crippen molar-refractivity contribution in [2.75, 3.05) is 0 Å². The molecule has 0 aliphatic rings. The Balaban J connectivity index is 1.37. The van der Waals surface area contributed by atoms with E-state index in [-0.39, 0.29) is 0 Å². The molecule has 0 saturated heterocycles. The molecule has 0 spiro atoms. The fraction of sp³-hybridized carbons (Fsp3) is 0.0233. The Morgan fingerprint density at radius 1 is 0.574 bits per heavy atom. The third kappa shape index (κ3) is 4.49. The molecule has 0 amide bonds. The van der Waals surface area contributed by atoms with Gasteiger partial charge in [0.05, 0.1) is 22.4 Å². The van der Waals surface area contributed by atoms with E-state index in [9.17, 15) is 0 Å². The molecule has 47 heavy (non-hydrogen) atoms. The average Bonchev–Trinajstić information content (AvgIpc) is 3.68. The summed E-state index contributed by atoms with van der Waals surface area (Å²) in [6.45, 7) is 4.35. The SMILES string of the molecule is C=N/C(=C\C(=N/Cn1c2ccc3ccccc3c2c2ccc3sc4ccc5ccccc5c4c3c21)c1ccccc1)c1ccccc1. The van der Waals surface area contributed by atoms with Crippen LogP contribution in [0.25, 0.3) is 69.2 Å². The van der Waals surface area contributed by atoms with Crippen LogP contribution in [0.15, 0.2) is 162 Å². The standard InChI is InChI=1S/C43H29N3S/c1-44-35(30-14-4-2-5-15-30)26-36(31-16-6-3-7-17-31)45-27-46-37-23-20-28-12-8-10-18-32(28)40(37)34-22-25-39-42(43(34)46)41-33-19-11-9-13-29(33)21-24-38(41)47-39/h2-26H,1,27H2/b35-26-,45-36+. The van der Waals surface area contributed by atoms with Crippen LogP contribution in [-0.2, 0) is 6.67 Å². The number of benzene rings is 7. The third-order valence-electron chi connectivity index (χ3n) is 9.20. The van der Waals surface area contributed by atoms with E-state index in [1.54, 1.807) is 0 Å². The van der Waals surface area contributed by atoms with Crippen LogP contribution in [0.3, 0.4) is 0 Å². The van der Waals surface area contributed by atoms with Gasteiger partial charge < -0.3 is 4.57 Å². The van der Waals surface area contributed by atoms with Gasteiger partial charge in [0.15, 0.2) is 0 Å². The number of aliphatic imine (C=N–C) groups is 2. The number of nitrogens with zero attached hydrogens (tertiary/aromatic N) is 3. The van der Waals surface area contributed by atoms with Gasteiger partial charge in [-0.1, -0.05) is 127 Å². The molecule has 9 rings (SSSR count). The predicted octanol–water partition coefficient (Wildman–Crippen LogP) is 11.7. The van der Waals surface area contributed by atoms with E-state index in [2.05, 4.69) is 144 Å². The predicted molar refractivity (Wildman–Crippen MR) is 204 cm³/mol. The second kappa shape index (κ2) is 11.2. The van der Waals surface area contributed by atoms with Crippen LogP contribution in [0.5, 0.6) is 0 Å². The van der Waals surface area contributed by atoms with E-state index in [0.717, 1.165) is 22.5 Å². The van der Waals surface area contributed by atoms with Gasteiger partial charge in [0.2, 0.25) is 0 Å². The van der Waals surface area contributed by atoms with E-state index >= 15 is 0 Å². The van der Waals surface area contributed by atoms with Gasteiger partial charge in [0.1, 0.15) is 6.67 Å². The molecule has 0 fully saturated rings. The zero-order chi connectivity index (χ0) is 31.3. The van der Waals surface area contributed by atoms with Crippen molar-refractivity contribution in [1.82, 2.24) is 4.57 Å². The highest BCUT2D eigenvalue weighted by Crippen LogP contribution is 2.45. The Labute approximate surface area is 276 Å². The summed E-state index contributed by atoms with van der Waals surface area (Å²) < 4.78 is 5.01. The van der Waals surface area contributed by atoms with Gasteiger partial charge in [-0.05, 0) is 58.1 Å². The van der Waals surface area contributed by atoms with Crippen LogP contribution in [-0.4, -0.2) is 17.0 Å². The zero-order valence-corrected chi connectivity index (χ0v) is 26.4. The Morgan fingerprint density at radius 3 is 1.89 bits per heavy atom. The lowest BCUT2D eigenvalue weighted by Crippen LogP contribution is -2.03. The van der Waals surface area contributed by atoms with Gasteiger partial charge in [-0.15, -0.1) is 11.3 Å². The van der Waals surface area contributed by atoms with E-state index in [1.165, 1.54) is 63.5 Å². The van der Waals surface area contributed by atoms with Gasteiger partial charge >= 0.3 is 0 Å². The van der Waals surface area contributed by atoms with Gasteiger partial charge in [0, 0.05) is 36.5 Å². The van der Waals surface area contributed by atoms with Gasteiger partial charge in [-0.25, -0.2) is 0 Å². The molecule has 0 bridgehead atoms. The molecule has 0 atom stereocenters. The fourth-order valence-electron chi connectivity index (χ4n) is 7.06. The lowest BCUT2D eigenvalue weighted by atomic mass is 10.0. The summed E-state index contributed by atoms with van der Waals surface area (Å²) >= 11 is 1.87. The number of thiophene rings is 1. The van der Waals surface area contributed by atoms with Crippen molar-refractivity contribution in [2.45, 2.75) is 6.67 Å². The molecule has 0 unspecified atom stereocenters. The molecule has 4 heteroatoms. The normalized spacial score (nSPS) is 12.7. The van der Waals surface area contributed by atoms with E-state index < -0.39 is 0 Å². The first-order valence-electron chi connectivity index (χ1n) is 15.8. The van der Waals surface area contributed by atoms with Crippen molar-refractivity contribution >= 4 is 93.0 Å². The molecule has 222 valence electrons. The van der Waals surface area contributed by atoms with Crippen molar-refractivity contribution in [3.8, 4) is 0 Å². The summed E-state index contributed by atoms with van der Waals surface area (Å²) in [4.78, 5) is 9.81. The van der Waals surface area contributed by atoms with Crippen molar-refractivity contribution in [3.05, 3.63) is 163 Å². The second-order valence-electron chi connectivity index (χ2n) is 11.8. The average molecular weight is 620 g/mol. The molecular formula is C43H29N3S. The molecule has 2 aromatic heterocycles. The molecule has 9 aromatic rings. The maximum atomic E-state index is 5.38. The molecule has 0 aliphatic carbocycles. The van der Waals surface area contributed by atoms with E-state index in [4.69, 9.17) is 4.99 Å². The van der Waals surface area contributed by atoms with E-state index in [0.29, 0.717) is 6.67 Å². The van der Waals surface area contributed by atoms with Gasteiger partial charge in [-0.2, -0.15) is 0 Å². The Hall–Kier alpha value is -5.84. The molecule has 0 radical (unpaired) electrons. The first-order chi connectivity index (χ1) is 23.3. The van der Waals surface area contributed by atoms with Crippen LogP contribution in [0.4, 0.5) is 0 Å². The second-order valence-corrected chi connectivity index (χ2v) is 12.9. The van der Waals surface area contributed by atoms with Crippen LogP contribution >= 0.6 is 11.3 Å². The highest BCUT2D eigenvalue weighted by Gasteiger charge is 2.20. The number of allylic oxidation sites excluding steroid dienone is 1. The quantitative estimate of drug-likeness (QED) is 0.166. The van der Waals surface area contributed by atoms with Crippen molar-refractivity contribution < 1.29 is 0 Å². The number of hydrogen-bond acceptors (Lipinski definition) is 3. The first-order valence-corrected chi connectivity index (χ1v) is 16.6. The summed E-state index contributed by atoms with van der Waals surface area (Å²) in [5.74, 6) is 0. The summed E-state index contributed by atoms with van der Waals surface area (Å²) in [6.07, 6.45) is 2.06. The van der Waals surface area contributed by atoms with Crippen LogP contribution in [0, 0.1) is 0 Å². The largest absolute Gasteiger partial charge is 0.320 e. The minimum absolute atomic E-state index is 0.444. The number of aromatic nitrogens is 1. The van der Waals surface area contributed by atoms with Crippen molar-refractivity contribution in [1.29, 1.82) is 0 Å². The van der Waals surface area contributed by atoms with Gasteiger partial charge in [0.25, 0.3) is 0 Å². The van der Waals surface area contributed by atoms with Crippen LogP contribution in [0.1, 0.15) is 11.1 Å². The number of rotatable bonds is 6. The first kappa shape index (κ1) is 27.5. The third-order valence-corrected chi connectivity index (χ3v) is 10.3.